The summed E-state index contributed by atoms with van der Waals surface area (Å²) in [6.45, 7) is 2.16. The van der Waals surface area contributed by atoms with Gasteiger partial charge in [0.15, 0.2) is 0 Å². The predicted octanol–water partition coefficient (Wildman–Crippen LogP) is 1.78. The van der Waals surface area contributed by atoms with Crippen molar-refractivity contribution in [2.45, 2.75) is 26.2 Å². The highest BCUT2D eigenvalue weighted by atomic mass is 32.1. The summed E-state index contributed by atoms with van der Waals surface area (Å²) >= 11 is 1.54. The van der Waals surface area contributed by atoms with Crippen LogP contribution in [0.1, 0.15) is 33.5 Å². The van der Waals surface area contributed by atoms with Gasteiger partial charge in [0.1, 0.15) is 6.54 Å². The van der Waals surface area contributed by atoms with Gasteiger partial charge in [-0.2, -0.15) is 0 Å². The van der Waals surface area contributed by atoms with Crippen molar-refractivity contribution in [3.05, 3.63) is 21.4 Å². The number of hydrogen-bond acceptors (Lipinski definition) is 4. The van der Waals surface area contributed by atoms with Crippen LogP contribution in [0.25, 0.3) is 0 Å². The number of hydrogen-bond donors (Lipinski definition) is 1. The Morgan fingerprint density at radius 2 is 2.33 bits per heavy atom. The zero-order valence-corrected chi connectivity index (χ0v) is 11.4. The first-order valence-electron chi connectivity index (χ1n) is 6.06. The minimum Gasteiger partial charge on any atom is -0.468 e. The van der Waals surface area contributed by atoms with E-state index in [9.17, 15) is 9.59 Å². The highest BCUT2D eigenvalue weighted by molar-refractivity contribution is 7.14. The molecule has 0 radical (unpaired) electrons. The molecule has 0 spiro atoms. The molecule has 1 atom stereocenters. The number of carbonyl (C=O) groups excluding carboxylic acids is 2. The molecule has 1 aliphatic rings. The fourth-order valence-electron chi connectivity index (χ4n) is 2.13. The number of ether oxygens (including phenoxy) is 1. The number of thiophene rings is 1. The summed E-state index contributed by atoms with van der Waals surface area (Å²) in [6.07, 6.45) is 3.30. The quantitative estimate of drug-likeness (QED) is 0.849. The van der Waals surface area contributed by atoms with Crippen LogP contribution in [0.2, 0.25) is 0 Å². The van der Waals surface area contributed by atoms with Gasteiger partial charge in [0, 0.05) is 4.88 Å². The van der Waals surface area contributed by atoms with Gasteiger partial charge >= 0.3 is 5.97 Å². The number of rotatable bonds is 3. The van der Waals surface area contributed by atoms with Crippen LogP contribution < -0.4 is 5.32 Å². The first-order chi connectivity index (χ1) is 8.60. The van der Waals surface area contributed by atoms with Crippen LogP contribution in [0.3, 0.4) is 0 Å². The van der Waals surface area contributed by atoms with Crippen molar-refractivity contribution >= 4 is 23.2 Å². The van der Waals surface area contributed by atoms with Crippen molar-refractivity contribution in [2.24, 2.45) is 5.92 Å². The molecule has 0 bridgehead atoms. The van der Waals surface area contributed by atoms with Crippen LogP contribution in [0.5, 0.6) is 0 Å². The van der Waals surface area contributed by atoms with E-state index in [0.29, 0.717) is 10.8 Å². The van der Waals surface area contributed by atoms with E-state index < -0.39 is 5.97 Å². The largest absolute Gasteiger partial charge is 0.468 e. The van der Waals surface area contributed by atoms with Crippen molar-refractivity contribution in [3.8, 4) is 0 Å². The molecule has 1 heterocycles. The van der Waals surface area contributed by atoms with E-state index >= 15 is 0 Å². The van der Waals surface area contributed by atoms with Crippen molar-refractivity contribution in [1.29, 1.82) is 0 Å². The summed E-state index contributed by atoms with van der Waals surface area (Å²) in [7, 11) is 1.31. The number of esters is 1. The van der Waals surface area contributed by atoms with E-state index in [2.05, 4.69) is 17.0 Å². The third-order valence-electron chi connectivity index (χ3n) is 3.17. The highest BCUT2D eigenvalue weighted by Gasteiger charge is 2.20. The van der Waals surface area contributed by atoms with E-state index in [0.717, 1.165) is 12.8 Å². The second-order valence-electron chi connectivity index (χ2n) is 4.67. The van der Waals surface area contributed by atoms with Crippen LogP contribution in [0.15, 0.2) is 6.07 Å². The Hall–Kier alpha value is -1.36. The molecule has 0 aromatic carbocycles. The minimum atomic E-state index is -0.432. The zero-order valence-electron chi connectivity index (χ0n) is 10.6. The summed E-state index contributed by atoms with van der Waals surface area (Å²) in [6, 6.07) is 1.96. The monoisotopic (exact) mass is 267 g/mol. The standard InChI is InChI=1S/C13H17NO3S/c1-8-3-4-10-9(5-8)6-11(18-10)13(16)14-7-12(15)17-2/h6,8H,3-5,7H2,1-2H3,(H,14,16). The molecule has 1 aromatic rings. The summed E-state index contributed by atoms with van der Waals surface area (Å²) in [4.78, 5) is 24.8. The number of amides is 1. The summed E-state index contributed by atoms with van der Waals surface area (Å²) in [5.74, 6) is 0.0730. The molecular formula is C13H17NO3S. The maximum atomic E-state index is 11.9. The molecule has 5 heteroatoms. The number of nitrogens with one attached hydrogen (secondary N) is 1. The maximum Gasteiger partial charge on any atom is 0.325 e. The molecule has 1 unspecified atom stereocenters. The van der Waals surface area contributed by atoms with Gasteiger partial charge in [-0.3, -0.25) is 9.59 Å². The van der Waals surface area contributed by atoms with Gasteiger partial charge in [-0.15, -0.1) is 11.3 Å². The molecule has 98 valence electrons. The maximum absolute atomic E-state index is 11.9. The summed E-state index contributed by atoms with van der Waals surface area (Å²) in [5.41, 5.74) is 1.29. The predicted molar refractivity (Wildman–Crippen MR) is 69.9 cm³/mol. The van der Waals surface area contributed by atoms with Gasteiger partial charge in [-0.05, 0) is 36.8 Å². The van der Waals surface area contributed by atoms with Gasteiger partial charge < -0.3 is 10.1 Å². The van der Waals surface area contributed by atoms with E-state index in [1.54, 1.807) is 11.3 Å². The Balaban J connectivity index is 2.01. The number of aryl methyl sites for hydroxylation is 1. The van der Waals surface area contributed by atoms with E-state index in [-0.39, 0.29) is 12.5 Å². The van der Waals surface area contributed by atoms with Crippen LogP contribution in [0, 0.1) is 5.92 Å². The zero-order chi connectivity index (χ0) is 13.1. The molecule has 0 aliphatic heterocycles. The molecule has 1 aromatic heterocycles. The van der Waals surface area contributed by atoms with Gasteiger partial charge in [-0.1, -0.05) is 6.92 Å². The fourth-order valence-corrected chi connectivity index (χ4v) is 3.25. The van der Waals surface area contributed by atoms with Crippen LogP contribution in [-0.2, 0) is 22.4 Å². The van der Waals surface area contributed by atoms with Gasteiger partial charge in [0.25, 0.3) is 5.91 Å². The van der Waals surface area contributed by atoms with Gasteiger partial charge in [0.2, 0.25) is 0 Å². The lowest BCUT2D eigenvalue weighted by Gasteiger charge is -2.16. The van der Waals surface area contributed by atoms with Crippen LogP contribution in [0.4, 0.5) is 0 Å². The second-order valence-corrected chi connectivity index (χ2v) is 5.80. The van der Waals surface area contributed by atoms with Crippen molar-refractivity contribution < 1.29 is 14.3 Å². The highest BCUT2D eigenvalue weighted by Crippen LogP contribution is 2.32. The topological polar surface area (TPSA) is 55.4 Å². The molecule has 0 saturated heterocycles. The molecule has 1 amide bonds. The van der Waals surface area contributed by atoms with Crippen LogP contribution >= 0.6 is 11.3 Å². The summed E-state index contributed by atoms with van der Waals surface area (Å²) < 4.78 is 4.48. The van der Waals surface area contributed by atoms with Gasteiger partial charge in [0.05, 0.1) is 12.0 Å². The molecule has 0 fully saturated rings. The molecule has 4 nitrogen and oxygen atoms in total. The Labute approximate surface area is 110 Å². The first kappa shape index (κ1) is 13.1. The average molecular weight is 267 g/mol. The lowest BCUT2D eigenvalue weighted by atomic mass is 9.90. The van der Waals surface area contributed by atoms with Gasteiger partial charge in [-0.25, -0.2) is 0 Å². The molecule has 1 aliphatic carbocycles. The SMILES string of the molecule is COC(=O)CNC(=O)c1cc2c(s1)CCC(C)C2. The second kappa shape index (κ2) is 5.52. The molecule has 18 heavy (non-hydrogen) atoms. The first-order valence-corrected chi connectivity index (χ1v) is 6.88. The molecular weight excluding hydrogens is 250 g/mol. The average Bonchev–Trinajstić information content (AvgIpc) is 2.78. The molecule has 1 N–H and O–H groups in total. The molecule has 0 saturated carbocycles. The van der Waals surface area contributed by atoms with E-state index in [1.165, 1.54) is 24.0 Å². The van der Waals surface area contributed by atoms with Crippen molar-refractivity contribution in [2.75, 3.05) is 13.7 Å². The Morgan fingerprint density at radius 3 is 3.06 bits per heavy atom. The lowest BCUT2D eigenvalue weighted by molar-refractivity contribution is -0.139. The smallest absolute Gasteiger partial charge is 0.325 e. The number of carbonyl (C=O) groups is 2. The molecule has 2 rings (SSSR count). The lowest BCUT2D eigenvalue weighted by Crippen LogP contribution is -2.29. The van der Waals surface area contributed by atoms with Crippen molar-refractivity contribution in [1.82, 2.24) is 5.32 Å². The Bertz CT molecular complexity index is 467. The number of fused-ring (bicyclic) bond motifs is 1. The normalized spacial score (nSPS) is 18.0. The van der Waals surface area contributed by atoms with E-state index in [1.807, 2.05) is 6.07 Å². The third-order valence-corrected chi connectivity index (χ3v) is 4.41. The minimum absolute atomic E-state index is 0.0751. The van der Waals surface area contributed by atoms with Crippen molar-refractivity contribution in [3.63, 3.8) is 0 Å². The fraction of sp³-hybridized carbons (Fsp3) is 0.538. The van der Waals surface area contributed by atoms with E-state index in [4.69, 9.17) is 0 Å². The Kier molecular flexibility index (Phi) is 4.01. The number of methoxy groups -OCH3 is 1. The van der Waals surface area contributed by atoms with Crippen LogP contribution in [-0.4, -0.2) is 25.5 Å². The Morgan fingerprint density at radius 1 is 1.56 bits per heavy atom. The third kappa shape index (κ3) is 2.90. The summed E-state index contributed by atoms with van der Waals surface area (Å²) in [5, 5.41) is 2.57.